The number of methoxy groups -OCH3 is 1. The molecule has 0 saturated heterocycles. The average molecular weight is 142 g/mol. The normalized spacial score (nSPS) is 23.7. The molecule has 0 N–H and O–H groups in total. The maximum atomic E-state index is 5.25. The van der Waals surface area contributed by atoms with Gasteiger partial charge in [0.05, 0.1) is 12.5 Å². The van der Waals surface area contributed by atoms with Crippen LogP contribution >= 0.6 is 0 Å². The highest BCUT2D eigenvalue weighted by Crippen LogP contribution is 2.28. The fourth-order valence-corrected chi connectivity index (χ4v) is 3.69. The van der Waals surface area contributed by atoms with Crippen LogP contribution in [0.15, 0.2) is 11.5 Å². The SMILES string of the molecule is COC1=CCC[Si]1(C)C. The molecular formula is C7H14OSi. The van der Waals surface area contributed by atoms with E-state index in [-0.39, 0.29) is 0 Å². The molecule has 1 aliphatic rings. The summed E-state index contributed by atoms with van der Waals surface area (Å²) in [7, 11) is 0.753. The van der Waals surface area contributed by atoms with E-state index in [0.717, 1.165) is 0 Å². The summed E-state index contributed by atoms with van der Waals surface area (Å²) in [5.74, 6) is 0. The van der Waals surface area contributed by atoms with Crippen LogP contribution in [-0.4, -0.2) is 15.2 Å². The van der Waals surface area contributed by atoms with E-state index in [1.54, 1.807) is 7.11 Å². The zero-order valence-corrected chi connectivity index (χ0v) is 7.40. The zero-order valence-electron chi connectivity index (χ0n) is 6.40. The lowest BCUT2D eigenvalue weighted by molar-refractivity contribution is 0.317. The summed E-state index contributed by atoms with van der Waals surface area (Å²) in [6, 6.07) is 1.37. The molecule has 0 aromatic rings. The molecule has 52 valence electrons. The second-order valence-electron chi connectivity index (χ2n) is 3.20. The van der Waals surface area contributed by atoms with Crippen molar-refractivity contribution in [3.05, 3.63) is 11.5 Å². The molecule has 9 heavy (non-hydrogen) atoms. The summed E-state index contributed by atoms with van der Waals surface area (Å²) in [5, 5.41) is 1.29. The van der Waals surface area contributed by atoms with Gasteiger partial charge in [-0.1, -0.05) is 19.2 Å². The summed E-state index contributed by atoms with van der Waals surface area (Å²) >= 11 is 0. The average Bonchev–Trinajstić information content (AvgIpc) is 2.08. The number of ether oxygens (including phenoxy) is 1. The highest BCUT2D eigenvalue weighted by Gasteiger charge is 2.30. The number of rotatable bonds is 1. The van der Waals surface area contributed by atoms with Crippen molar-refractivity contribution in [1.82, 2.24) is 0 Å². The van der Waals surface area contributed by atoms with Crippen LogP contribution in [0, 0.1) is 0 Å². The molecule has 1 rings (SSSR count). The maximum Gasteiger partial charge on any atom is 0.125 e. The minimum absolute atomic E-state index is 1.03. The summed E-state index contributed by atoms with van der Waals surface area (Å²) in [6.07, 6.45) is 3.48. The number of allylic oxidation sites excluding steroid dienone is 1. The molecule has 0 fully saturated rings. The Kier molecular flexibility index (Phi) is 1.66. The Balaban J connectivity index is 2.69. The molecular weight excluding hydrogens is 128 g/mol. The fraction of sp³-hybridized carbons (Fsp3) is 0.714. The van der Waals surface area contributed by atoms with Gasteiger partial charge in [0.25, 0.3) is 0 Å². The van der Waals surface area contributed by atoms with Crippen molar-refractivity contribution in [2.45, 2.75) is 25.6 Å². The second-order valence-corrected chi connectivity index (χ2v) is 7.96. The number of hydrogen-bond acceptors (Lipinski definition) is 1. The van der Waals surface area contributed by atoms with E-state index in [0.29, 0.717) is 0 Å². The van der Waals surface area contributed by atoms with Gasteiger partial charge in [-0.3, -0.25) is 0 Å². The maximum absolute atomic E-state index is 5.25. The first-order chi connectivity index (χ1) is 4.17. The van der Waals surface area contributed by atoms with Crippen molar-refractivity contribution >= 4 is 8.07 Å². The van der Waals surface area contributed by atoms with Crippen molar-refractivity contribution in [3.8, 4) is 0 Å². The van der Waals surface area contributed by atoms with Crippen LogP contribution in [0.5, 0.6) is 0 Å². The van der Waals surface area contributed by atoms with Gasteiger partial charge in [-0.2, -0.15) is 0 Å². The molecule has 0 atom stereocenters. The van der Waals surface area contributed by atoms with E-state index < -0.39 is 8.07 Å². The summed E-state index contributed by atoms with van der Waals surface area (Å²) in [5.41, 5.74) is 0. The zero-order chi connectivity index (χ0) is 6.91. The predicted octanol–water partition coefficient (Wildman–Crippen LogP) is 2.17. The van der Waals surface area contributed by atoms with Crippen LogP contribution in [0.25, 0.3) is 0 Å². The third-order valence-corrected chi connectivity index (χ3v) is 5.27. The van der Waals surface area contributed by atoms with Gasteiger partial charge in [-0.05, 0) is 12.5 Å². The lowest BCUT2D eigenvalue weighted by Gasteiger charge is -2.17. The molecule has 0 bridgehead atoms. The van der Waals surface area contributed by atoms with E-state index in [1.807, 2.05) is 0 Å². The molecule has 1 nitrogen and oxygen atoms in total. The number of hydrogen-bond donors (Lipinski definition) is 0. The summed E-state index contributed by atoms with van der Waals surface area (Å²) in [6.45, 7) is 4.71. The standard InChI is InChI=1S/C7H14OSi/c1-8-7-5-4-6-9(7,2)3/h5H,4,6H2,1-3H3. The smallest absolute Gasteiger partial charge is 0.125 e. The van der Waals surface area contributed by atoms with Crippen LogP contribution in [0.4, 0.5) is 0 Å². The molecule has 1 heterocycles. The van der Waals surface area contributed by atoms with E-state index in [9.17, 15) is 0 Å². The summed E-state index contributed by atoms with van der Waals surface area (Å²) < 4.78 is 5.25. The fourth-order valence-electron chi connectivity index (χ4n) is 1.32. The quantitative estimate of drug-likeness (QED) is 0.510. The van der Waals surface area contributed by atoms with E-state index in [1.165, 1.54) is 17.8 Å². The van der Waals surface area contributed by atoms with E-state index in [4.69, 9.17) is 4.74 Å². The van der Waals surface area contributed by atoms with E-state index >= 15 is 0 Å². The van der Waals surface area contributed by atoms with Crippen molar-refractivity contribution in [3.63, 3.8) is 0 Å². The van der Waals surface area contributed by atoms with Crippen LogP contribution in [0.2, 0.25) is 19.1 Å². The van der Waals surface area contributed by atoms with Gasteiger partial charge >= 0.3 is 0 Å². The van der Waals surface area contributed by atoms with E-state index in [2.05, 4.69) is 19.2 Å². The van der Waals surface area contributed by atoms with Crippen LogP contribution < -0.4 is 0 Å². The van der Waals surface area contributed by atoms with Gasteiger partial charge in [0.1, 0.15) is 8.07 Å². The van der Waals surface area contributed by atoms with Crippen molar-refractivity contribution in [2.75, 3.05) is 7.11 Å². The molecule has 0 radical (unpaired) electrons. The monoisotopic (exact) mass is 142 g/mol. The lowest BCUT2D eigenvalue weighted by Crippen LogP contribution is -2.25. The van der Waals surface area contributed by atoms with Crippen molar-refractivity contribution in [1.29, 1.82) is 0 Å². The Morgan fingerprint density at radius 3 is 2.44 bits per heavy atom. The third-order valence-electron chi connectivity index (χ3n) is 1.99. The molecule has 2 heteroatoms. The van der Waals surface area contributed by atoms with Gasteiger partial charge in [0.15, 0.2) is 0 Å². The van der Waals surface area contributed by atoms with Gasteiger partial charge in [-0.15, -0.1) is 0 Å². The largest absolute Gasteiger partial charge is 0.507 e. The predicted molar refractivity (Wildman–Crippen MR) is 42.0 cm³/mol. The van der Waals surface area contributed by atoms with Gasteiger partial charge < -0.3 is 4.74 Å². The first-order valence-corrected chi connectivity index (χ1v) is 6.62. The molecule has 0 aromatic heterocycles. The highest BCUT2D eigenvalue weighted by atomic mass is 28.3. The van der Waals surface area contributed by atoms with Crippen LogP contribution in [0.3, 0.4) is 0 Å². The lowest BCUT2D eigenvalue weighted by atomic mass is 10.5. The molecule has 0 aliphatic carbocycles. The Bertz CT molecular complexity index is 138. The van der Waals surface area contributed by atoms with Crippen molar-refractivity contribution in [2.24, 2.45) is 0 Å². The van der Waals surface area contributed by atoms with Gasteiger partial charge in [-0.25, -0.2) is 0 Å². The van der Waals surface area contributed by atoms with Crippen LogP contribution in [-0.2, 0) is 4.74 Å². The first kappa shape index (κ1) is 6.87. The molecule has 1 aliphatic heterocycles. The van der Waals surface area contributed by atoms with Gasteiger partial charge in [0.2, 0.25) is 0 Å². The topological polar surface area (TPSA) is 9.23 Å². The Morgan fingerprint density at radius 1 is 1.56 bits per heavy atom. The van der Waals surface area contributed by atoms with Gasteiger partial charge in [0, 0.05) is 0 Å². The first-order valence-electron chi connectivity index (χ1n) is 3.41. The molecule has 0 saturated carbocycles. The van der Waals surface area contributed by atoms with Crippen LogP contribution in [0.1, 0.15) is 6.42 Å². The highest BCUT2D eigenvalue weighted by molar-refractivity contribution is 6.84. The molecule has 0 amide bonds. The Labute approximate surface area is 57.7 Å². The summed E-state index contributed by atoms with van der Waals surface area (Å²) in [4.78, 5) is 0. The third kappa shape index (κ3) is 1.18. The molecule has 0 aromatic carbocycles. The molecule has 0 spiro atoms. The minimum Gasteiger partial charge on any atom is -0.507 e. The second kappa shape index (κ2) is 2.18. The molecule has 0 unspecified atom stereocenters. The Morgan fingerprint density at radius 2 is 2.22 bits per heavy atom. The minimum atomic E-state index is -1.03. The van der Waals surface area contributed by atoms with Crippen molar-refractivity contribution < 1.29 is 4.74 Å². The Hall–Kier alpha value is -0.243.